The van der Waals surface area contributed by atoms with Crippen LogP contribution in [-0.2, 0) is 5.41 Å². The molecule has 16 rings (SSSR count). The van der Waals surface area contributed by atoms with Crippen molar-refractivity contribution in [2.45, 2.75) is 108 Å². The van der Waals surface area contributed by atoms with Crippen LogP contribution >= 0.6 is 0 Å². The predicted octanol–water partition coefficient (Wildman–Crippen LogP) is 13.4. The molecule has 62 heavy (non-hydrogen) atoms. The van der Waals surface area contributed by atoms with Crippen molar-refractivity contribution < 1.29 is 29.3 Å². The zero-order valence-corrected chi connectivity index (χ0v) is 35.9. The van der Waals surface area contributed by atoms with Crippen LogP contribution in [0, 0.1) is 75.4 Å². The number of para-hydroxylation sites is 4. The van der Waals surface area contributed by atoms with Gasteiger partial charge in [-0.15, -0.1) is 0 Å². The quantitative estimate of drug-likeness (QED) is 0.165. The van der Waals surface area contributed by atoms with Gasteiger partial charge in [-0.3, -0.25) is 0 Å². The number of carboxylic acids is 2. The van der Waals surface area contributed by atoms with Crippen LogP contribution in [0.15, 0.2) is 97.1 Å². The number of hydrogen-bond donors (Lipinski definition) is 2. The molecule has 4 aromatic rings. The van der Waals surface area contributed by atoms with Crippen molar-refractivity contribution in [3.63, 3.8) is 0 Å². The zero-order chi connectivity index (χ0) is 41.6. The molecule has 12 bridgehead atoms. The fourth-order valence-corrected chi connectivity index (χ4v) is 19.8. The molecule has 0 amide bonds. The van der Waals surface area contributed by atoms with E-state index in [1.807, 2.05) is 24.3 Å². The second kappa shape index (κ2) is 13.5. The molecular formula is C56H60O6. The van der Waals surface area contributed by atoms with Crippen molar-refractivity contribution in [3.8, 4) is 23.0 Å². The van der Waals surface area contributed by atoms with Crippen LogP contribution in [-0.4, -0.2) is 22.2 Å². The largest absolute Gasteiger partial charge is 0.478 e. The Kier molecular flexibility index (Phi) is 8.24. The fourth-order valence-electron chi connectivity index (χ4n) is 19.8. The summed E-state index contributed by atoms with van der Waals surface area (Å²) in [6, 6.07) is 31.6. The first-order valence-corrected chi connectivity index (χ1v) is 24.4. The maximum absolute atomic E-state index is 12.7. The molecule has 4 aromatic carbocycles. The summed E-state index contributed by atoms with van der Waals surface area (Å²) in [5.41, 5.74) is 2.59. The Bertz CT molecular complexity index is 2320. The lowest BCUT2D eigenvalue weighted by Crippen LogP contribution is -2.75. The van der Waals surface area contributed by atoms with E-state index in [1.54, 1.807) is 24.3 Å². The van der Waals surface area contributed by atoms with Crippen molar-refractivity contribution in [2.75, 3.05) is 0 Å². The van der Waals surface area contributed by atoms with Gasteiger partial charge in [0.2, 0.25) is 0 Å². The molecule has 0 spiro atoms. The Morgan fingerprint density at radius 2 is 0.839 bits per heavy atom. The topological polar surface area (TPSA) is 93.1 Å². The van der Waals surface area contributed by atoms with Crippen molar-refractivity contribution >= 4 is 11.9 Å². The summed E-state index contributed by atoms with van der Waals surface area (Å²) in [5.74, 6) is 7.58. The van der Waals surface area contributed by atoms with Gasteiger partial charge in [0.1, 0.15) is 34.1 Å². The lowest BCUT2D eigenvalue weighted by molar-refractivity contribution is -0.296. The minimum atomic E-state index is -0.998. The molecule has 6 nitrogen and oxygen atoms in total. The van der Waals surface area contributed by atoms with Gasteiger partial charge in [0.15, 0.2) is 0 Å². The first-order chi connectivity index (χ1) is 30.2. The second-order valence-corrected chi connectivity index (χ2v) is 22.8. The molecule has 0 saturated heterocycles. The summed E-state index contributed by atoms with van der Waals surface area (Å²) in [6.45, 7) is 0. The minimum Gasteiger partial charge on any atom is -0.478 e. The molecule has 0 heterocycles. The Morgan fingerprint density at radius 3 is 1.29 bits per heavy atom. The number of aromatic carboxylic acids is 2. The third-order valence-electron chi connectivity index (χ3n) is 19.9. The zero-order valence-electron chi connectivity index (χ0n) is 35.9. The van der Waals surface area contributed by atoms with Crippen LogP contribution in [0.4, 0.5) is 0 Å². The molecule has 0 aliphatic heterocycles. The summed E-state index contributed by atoms with van der Waals surface area (Å²) in [6.07, 6.45) is 21.6. The van der Waals surface area contributed by atoms with Gasteiger partial charge in [-0.05, 0) is 215 Å². The summed E-state index contributed by atoms with van der Waals surface area (Å²) in [5, 5.41) is 20.9. The molecule has 12 fully saturated rings. The molecule has 0 radical (unpaired) electrons. The first kappa shape index (κ1) is 37.9. The minimum absolute atomic E-state index is 0.101. The van der Waals surface area contributed by atoms with E-state index >= 15 is 0 Å². The number of ether oxygens (including phenoxy) is 2. The van der Waals surface area contributed by atoms with Gasteiger partial charge in [-0.25, -0.2) is 9.59 Å². The normalized spacial score (nSPS) is 39.8. The second-order valence-electron chi connectivity index (χ2n) is 22.8. The lowest BCUT2D eigenvalue weighted by Gasteiger charge is -2.81. The molecule has 12 aliphatic carbocycles. The maximum Gasteiger partial charge on any atom is 0.339 e. The van der Waals surface area contributed by atoms with E-state index in [0.717, 1.165) is 59.8 Å². The van der Waals surface area contributed by atoms with Crippen LogP contribution in [0.3, 0.4) is 0 Å². The smallest absolute Gasteiger partial charge is 0.339 e. The third kappa shape index (κ3) is 5.16. The van der Waals surface area contributed by atoms with Crippen LogP contribution in [0.25, 0.3) is 0 Å². The highest BCUT2D eigenvalue weighted by Gasteiger charge is 2.79. The predicted molar refractivity (Wildman–Crippen MR) is 237 cm³/mol. The van der Waals surface area contributed by atoms with Crippen molar-refractivity contribution in [1.29, 1.82) is 0 Å². The Morgan fingerprint density at radius 1 is 0.452 bits per heavy atom. The molecule has 5 unspecified atom stereocenters. The van der Waals surface area contributed by atoms with Crippen LogP contribution in [0.2, 0.25) is 0 Å². The molecule has 5 atom stereocenters. The van der Waals surface area contributed by atoms with Crippen LogP contribution in [0.5, 0.6) is 23.0 Å². The van der Waals surface area contributed by atoms with E-state index in [2.05, 4.69) is 48.5 Å². The Labute approximate surface area is 365 Å². The van der Waals surface area contributed by atoms with Gasteiger partial charge in [-0.1, -0.05) is 60.7 Å². The highest BCUT2D eigenvalue weighted by atomic mass is 16.5. The van der Waals surface area contributed by atoms with Gasteiger partial charge in [0.25, 0.3) is 0 Å². The monoisotopic (exact) mass is 828 g/mol. The fraction of sp³-hybridized carbons (Fsp3) is 0.536. The molecule has 0 aromatic heterocycles. The number of benzene rings is 4. The van der Waals surface area contributed by atoms with E-state index in [-0.39, 0.29) is 22.0 Å². The van der Waals surface area contributed by atoms with Crippen LogP contribution in [0.1, 0.15) is 135 Å². The maximum atomic E-state index is 12.7. The number of hydrogen-bond acceptors (Lipinski definition) is 4. The SMILES string of the molecule is O=C(O)c1ccccc1Oc1ccccc1C1(c2ccccc2Oc2ccccc2C(=O)O)C2CC3CC(C2)CC1(C12CC4CC(CC(C4)C1C14CC5CC(CC(C5)C1)C4)C2)C3. The van der Waals surface area contributed by atoms with Gasteiger partial charge in [0, 0.05) is 16.5 Å². The molecule has 12 aliphatic rings. The summed E-state index contributed by atoms with van der Waals surface area (Å²) >= 11 is 0. The number of carbonyl (C=O) groups is 2. The molecule has 2 N–H and O–H groups in total. The molecule has 6 heteroatoms. The number of carboxylic acid groups (broad SMARTS) is 2. The highest BCUT2D eigenvalue weighted by molar-refractivity contribution is 5.91. The third-order valence-corrected chi connectivity index (χ3v) is 19.9. The van der Waals surface area contributed by atoms with E-state index in [4.69, 9.17) is 9.47 Å². The lowest BCUT2D eigenvalue weighted by atomic mass is 9.23. The Balaban J connectivity index is 1.10. The van der Waals surface area contributed by atoms with E-state index < -0.39 is 17.4 Å². The van der Waals surface area contributed by atoms with Crippen molar-refractivity contribution in [2.24, 2.45) is 75.4 Å². The van der Waals surface area contributed by atoms with E-state index in [0.29, 0.717) is 40.6 Å². The van der Waals surface area contributed by atoms with E-state index in [1.165, 1.54) is 101 Å². The molecule has 320 valence electrons. The number of rotatable bonds is 10. The Hall–Kier alpha value is -4.58. The standard InChI is InChI=1S/C56H60O6/c57-51(58)42-9-1-5-13-46(42)61-48-15-7-3-11-44(48)56(45-12-4-8-16-49(45)62-47-14-6-2-10-43(47)52(59)60)41-24-38-21-39(25-41)32-55(56,31-38)54-29-36-20-37(30-54)23-40(22-36)50(54)53-26-33-17-34(27-53)19-35(18-33)28-53/h1-16,33-41,50H,17-32H2,(H,57,58)(H,59,60). The van der Waals surface area contributed by atoms with Crippen molar-refractivity contribution in [3.05, 3.63) is 119 Å². The average molecular weight is 829 g/mol. The first-order valence-electron chi connectivity index (χ1n) is 24.4. The highest BCUT2D eigenvalue weighted by Crippen LogP contribution is 2.86. The van der Waals surface area contributed by atoms with Crippen LogP contribution < -0.4 is 9.47 Å². The van der Waals surface area contributed by atoms with Gasteiger partial charge in [-0.2, -0.15) is 0 Å². The van der Waals surface area contributed by atoms with Gasteiger partial charge < -0.3 is 19.7 Å². The average Bonchev–Trinajstić information content (AvgIpc) is 3.24. The molecule has 12 saturated carbocycles. The van der Waals surface area contributed by atoms with Crippen molar-refractivity contribution in [1.82, 2.24) is 0 Å². The summed E-state index contributed by atoms with van der Waals surface area (Å²) in [4.78, 5) is 25.5. The van der Waals surface area contributed by atoms with Gasteiger partial charge in [0.05, 0.1) is 0 Å². The van der Waals surface area contributed by atoms with E-state index in [9.17, 15) is 19.8 Å². The molecular weight excluding hydrogens is 769 g/mol. The summed E-state index contributed by atoms with van der Waals surface area (Å²) in [7, 11) is 0. The van der Waals surface area contributed by atoms with Gasteiger partial charge >= 0.3 is 11.9 Å². The summed E-state index contributed by atoms with van der Waals surface area (Å²) < 4.78 is 14.2.